The van der Waals surface area contributed by atoms with Crippen molar-refractivity contribution >= 4 is 17.3 Å². The van der Waals surface area contributed by atoms with Gasteiger partial charge in [0, 0.05) is 44.5 Å². The second-order valence-electron chi connectivity index (χ2n) is 7.81. The molecule has 2 heterocycles. The molecule has 1 saturated heterocycles. The quantitative estimate of drug-likeness (QED) is 0.705. The minimum atomic E-state index is 0.761. The van der Waals surface area contributed by atoms with Gasteiger partial charge in [0.25, 0.3) is 0 Å². The number of anilines is 3. The van der Waals surface area contributed by atoms with E-state index in [9.17, 15) is 0 Å². The molecule has 0 aliphatic carbocycles. The molecular weight excluding hydrogens is 358 g/mol. The largest absolute Gasteiger partial charge is 0.368 e. The molecule has 0 bridgehead atoms. The van der Waals surface area contributed by atoms with Crippen LogP contribution >= 0.6 is 0 Å². The van der Waals surface area contributed by atoms with Gasteiger partial charge in [0.15, 0.2) is 0 Å². The Morgan fingerprint density at radius 3 is 2.24 bits per heavy atom. The van der Waals surface area contributed by atoms with E-state index in [1.807, 2.05) is 6.92 Å². The van der Waals surface area contributed by atoms with Crippen molar-refractivity contribution in [1.29, 1.82) is 0 Å². The molecule has 1 fully saturated rings. The summed E-state index contributed by atoms with van der Waals surface area (Å²) in [6.07, 6.45) is 0. The van der Waals surface area contributed by atoms with E-state index >= 15 is 0 Å². The van der Waals surface area contributed by atoms with Crippen molar-refractivity contribution in [1.82, 2.24) is 9.97 Å². The summed E-state index contributed by atoms with van der Waals surface area (Å²) < 4.78 is 0. The van der Waals surface area contributed by atoms with Crippen LogP contribution in [0.4, 0.5) is 17.3 Å². The number of nitrogens with one attached hydrogen (secondary N) is 1. The highest BCUT2D eigenvalue weighted by Gasteiger charge is 2.19. The third-order valence-corrected chi connectivity index (χ3v) is 5.39. The lowest BCUT2D eigenvalue weighted by molar-refractivity contribution is 0.645. The predicted octanol–water partition coefficient (Wildman–Crippen LogP) is 4.34. The Morgan fingerprint density at radius 1 is 0.793 bits per heavy atom. The molecule has 1 aromatic heterocycles. The van der Waals surface area contributed by atoms with Crippen molar-refractivity contribution in [2.24, 2.45) is 0 Å². The Hall–Kier alpha value is -3.08. The van der Waals surface area contributed by atoms with Gasteiger partial charge in [0.2, 0.25) is 0 Å². The third-order valence-electron chi connectivity index (χ3n) is 5.39. The second kappa shape index (κ2) is 8.52. The molecule has 0 amide bonds. The molecule has 1 aliphatic rings. The summed E-state index contributed by atoms with van der Waals surface area (Å²) in [5, 5.41) is 3.45. The maximum absolute atomic E-state index is 4.69. The van der Waals surface area contributed by atoms with Crippen molar-refractivity contribution in [3.63, 3.8) is 0 Å². The minimum absolute atomic E-state index is 0.761. The van der Waals surface area contributed by atoms with Crippen LogP contribution in [-0.2, 0) is 6.54 Å². The Morgan fingerprint density at radius 2 is 1.52 bits per heavy atom. The molecule has 0 saturated carbocycles. The zero-order valence-electron chi connectivity index (χ0n) is 17.5. The van der Waals surface area contributed by atoms with Crippen molar-refractivity contribution in [3.05, 3.63) is 77.1 Å². The Kier molecular flexibility index (Phi) is 5.65. The predicted molar refractivity (Wildman–Crippen MR) is 121 cm³/mol. The topological polar surface area (TPSA) is 44.3 Å². The van der Waals surface area contributed by atoms with Gasteiger partial charge in [0.05, 0.1) is 0 Å². The zero-order valence-corrected chi connectivity index (χ0v) is 17.5. The molecule has 1 N–H and O–H groups in total. The summed E-state index contributed by atoms with van der Waals surface area (Å²) in [4.78, 5) is 14.1. The number of aromatic nitrogens is 2. The van der Waals surface area contributed by atoms with Crippen molar-refractivity contribution < 1.29 is 0 Å². The highest BCUT2D eigenvalue weighted by Crippen LogP contribution is 2.22. The first-order valence-electron chi connectivity index (χ1n) is 10.3. The Bertz CT molecular complexity index is 959. The van der Waals surface area contributed by atoms with Crippen LogP contribution in [0.15, 0.2) is 54.6 Å². The number of hydrogen-bond donors (Lipinski definition) is 1. The average molecular weight is 388 g/mol. The average Bonchev–Trinajstić information content (AvgIpc) is 2.73. The van der Waals surface area contributed by atoms with E-state index in [-0.39, 0.29) is 0 Å². The van der Waals surface area contributed by atoms with Crippen LogP contribution < -0.4 is 15.1 Å². The van der Waals surface area contributed by atoms with Gasteiger partial charge in [-0.3, -0.25) is 0 Å². The monoisotopic (exact) mass is 387 g/mol. The summed E-state index contributed by atoms with van der Waals surface area (Å²) in [7, 11) is 0. The molecule has 5 nitrogen and oxygen atoms in total. The normalized spacial score (nSPS) is 14.2. The summed E-state index contributed by atoms with van der Waals surface area (Å²) in [5.41, 5.74) is 5.14. The van der Waals surface area contributed by atoms with Crippen LogP contribution in [0.25, 0.3) is 0 Å². The second-order valence-corrected chi connectivity index (χ2v) is 7.81. The fraction of sp³-hybridized carbons (Fsp3) is 0.333. The van der Waals surface area contributed by atoms with Gasteiger partial charge in [-0.1, -0.05) is 42.0 Å². The highest BCUT2D eigenvalue weighted by atomic mass is 15.3. The first-order valence-corrected chi connectivity index (χ1v) is 10.3. The molecule has 1 aliphatic heterocycles. The molecule has 29 heavy (non-hydrogen) atoms. The Labute approximate surface area is 173 Å². The number of rotatable bonds is 5. The van der Waals surface area contributed by atoms with Crippen LogP contribution in [0, 0.1) is 20.8 Å². The third kappa shape index (κ3) is 4.86. The van der Waals surface area contributed by atoms with E-state index in [4.69, 9.17) is 4.98 Å². The van der Waals surface area contributed by atoms with E-state index in [2.05, 4.69) is 88.5 Å². The lowest BCUT2D eigenvalue weighted by Crippen LogP contribution is -2.47. The molecule has 0 unspecified atom stereocenters. The fourth-order valence-electron chi connectivity index (χ4n) is 3.72. The van der Waals surface area contributed by atoms with E-state index < -0.39 is 0 Å². The van der Waals surface area contributed by atoms with E-state index in [0.717, 1.165) is 50.2 Å². The minimum Gasteiger partial charge on any atom is -0.368 e. The number of hydrogen-bond acceptors (Lipinski definition) is 5. The molecule has 3 aromatic rings. The molecule has 150 valence electrons. The summed E-state index contributed by atoms with van der Waals surface area (Å²) >= 11 is 0. The van der Waals surface area contributed by atoms with Crippen molar-refractivity contribution in [2.75, 3.05) is 41.3 Å². The van der Waals surface area contributed by atoms with Gasteiger partial charge < -0.3 is 15.1 Å². The summed E-state index contributed by atoms with van der Waals surface area (Å²) in [6.45, 7) is 10.9. The molecule has 4 rings (SSSR count). The number of piperazine rings is 1. The highest BCUT2D eigenvalue weighted by molar-refractivity contribution is 5.53. The summed E-state index contributed by atoms with van der Waals surface area (Å²) in [6, 6.07) is 19.4. The van der Waals surface area contributed by atoms with Crippen molar-refractivity contribution in [2.45, 2.75) is 27.3 Å². The van der Waals surface area contributed by atoms with Crippen molar-refractivity contribution in [3.8, 4) is 0 Å². The first kappa shape index (κ1) is 19.2. The SMILES string of the molecule is Cc1ccc(CNc2cc(N3CCN(c4cccc(C)c4)CC3)nc(C)n2)cc1. The number of benzene rings is 2. The van der Waals surface area contributed by atoms with Crippen LogP contribution in [0.1, 0.15) is 22.5 Å². The first-order chi connectivity index (χ1) is 14.1. The lowest BCUT2D eigenvalue weighted by atomic mass is 10.1. The van der Waals surface area contributed by atoms with Gasteiger partial charge in [-0.25, -0.2) is 9.97 Å². The maximum Gasteiger partial charge on any atom is 0.134 e. The molecule has 2 aromatic carbocycles. The molecule has 0 radical (unpaired) electrons. The lowest BCUT2D eigenvalue weighted by Gasteiger charge is -2.37. The van der Waals surface area contributed by atoms with Gasteiger partial charge in [-0.15, -0.1) is 0 Å². The molecule has 0 spiro atoms. The van der Waals surface area contributed by atoms with Crippen LogP contribution in [-0.4, -0.2) is 36.1 Å². The van der Waals surface area contributed by atoms with Gasteiger partial charge in [-0.2, -0.15) is 0 Å². The van der Waals surface area contributed by atoms with Gasteiger partial charge in [0.1, 0.15) is 17.5 Å². The van der Waals surface area contributed by atoms with E-state index in [0.29, 0.717) is 0 Å². The van der Waals surface area contributed by atoms with Crippen LogP contribution in [0.5, 0.6) is 0 Å². The maximum atomic E-state index is 4.69. The molecule has 0 atom stereocenters. The Balaban J connectivity index is 1.40. The van der Waals surface area contributed by atoms with Gasteiger partial charge in [-0.05, 0) is 44.0 Å². The summed E-state index contributed by atoms with van der Waals surface area (Å²) in [5.74, 6) is 2.69. The van der Waals surface area contributed by atoms with E-state index in [1.165, 1.54) is 22.4 Å². The van der Waals surface area contributed by atoms with Crippen LogP contribution in [0.3, 0.4) is 0 Å². The van der Waals surface area contributed by atoms with Crippen LogP contribution in [0.2, 0.25) is 0 Å². The number of aryl methyl sites for hydroxylation is 3. The number of nitrogens with zero attached hydrogens (tertiary/aromatic N) is 4. The molecular formula is C24H29N5. The van der Waals surface area contributed by atoms with Gasteiger partial charge >= 0.3 is 0 Å². The standard InChI is InChI=1S/C24H29N5/c1-18-7-9-21(10-8-18)17-25-23-16-24(27-20(3)26-23)29-13-11-28(12-14-29)22-6-4-5-19(2)15-22/h4-10,15-16H,11-14,17H2,1-3H3,(H,25,26,27). The zero-order chi connectivity index (χ0) is 20.2. The molecule has 5 heteroatoms. The van der Waals surface area contributed by atoms with E-state index in [1.54, 1.807) is 0 Å². The fourth-order valence-corrected chi connectivity index (χ4v) is 3.72. The smallest absolute Gasteiger partial charge is 0.134 e.